The lowest BCUT2D eigenvalue weighted by atomic mass is 10.0. The summed E-state index contributed by atoms with van der Waals surface area (Å²) in [5.41, 5.74) is 5.50. The Bertz CT molecular complexity index is 324. The molecule has 1 aromatic rings. The molecule has 1 atom stereocenters. The van der Waals surface area contributed by atoms with E-state index in [1.165, 1.54) is 0 Å². The fraction of sp³-hybridized carbons (Fsp3) is 0.545. The van der Waals surface area contributed by atoms with Crippen LogP contribution in [0.1, 0.15) is 24.6 Å². The maximum absolute atomic E-state index is 11.6. The average molecular weight is 290 g/mol. The van der Waals surface area contributed by atoms with Crippen LogP contribution in [0.25, 0.3) is 0 Å². The lowest BCUT2D eigenvalue weighted by Gasteiger charge is -2.06. The van der Waals surface area contributed by atoms with Crippen molar-refractivity contribution in [1.29, 1.82) is 0 Å². The van der Waals surface area contributed by atoms with Gasteiger partial charge >= 0.3 is 0 Å². The summed E-state index contributed by atoms with van der Waals surface area (Å²) in [6, 6.07) is 2.01. The Labute approximate surface area is 103 Å². The standard InChI is InChI=1S/C11H16BrNOS/c1-8(6-13)2-3-10(14)5-11-4-9(12)7-15-11/h4,7-8H,2-3,5-6,13H2,1H3. The summed E-state index contributed by atoms with van der Waals surface area (Å²) >= 11 is 5.00. The second-order valence-electron chi connectivity index (χ2n) is 3.83. The summed E-state index contributed by atoms with van der Waals surface area (Å²) in [5, 5.41) is 2.01. The fourth-order valence-electron chi connectivity index (χ4n) is 1.25. The molecule has 1 heterocycles. The minimum absolute atomic E-state index is 0.310. The Balaban J connectivity index is 2.30. The fourth-order valence-corrected chi connectivity index (χ4v) is 2.73. The van der Waals surface area contributed by atoms with Crippen molar-refractivity contribution in [1.82, 2.24) is 0 Å². The Morgan fingerprint density at radius 1 is 1.67 bits per heavy atom. The van der Waals surface area contributed by atoms with E-state index in [-0.39, 0.29) is 0 Å². The normalized spacial score (nSPS) is 12.7. The highest BCUT2D eigenvalue weighted by Gasteiger charge is 2.08. The molecule has 0 aliphatic heterocycles. The second-order valence-corrected chi connectivity index (χ2v) is 5.74. The lowest BCUT2D eigenvalue weighted by molar-refractivity contribution is -0.118. The predicted molar refractivity (Wildman–Crippen MR) is 68.2 cm³/mol. The van der Waals surface area contributed by atoms with Gasteiger partial charge < -0.3 is 5.73 Å². The summed E-state index contributed by atoms with van der Waals surface area (Å²) < 4.78 is 1.06. The smallest absolute Gasteiger partial charge is 0.138 e. The maximum atomic E-state index is 11.6. The molecular formula is C11H16BrNOS. The summed E-state index contributed by atoms with van der Waals surface area (Å²) in [6.45, 7) is 2.74. The highest BCUT2D eigenvalue weighted by Crippen LogP contribution is 2.20. The van der Waals surface area contributed by atoms with Crippen molar-refractivity contribution in [2.75, 3.05) is 6.54 Å². The van der Waals surface area contributed by atoms with Crippen LogP contribution in [0.15, 0.2) is 15.9 Å². The van der Waals surface area contributed by atoms with Gasteiger partial charge in [-0.25, -0.2) is 0 Å². The van der Waals surface area contributed by atoms with Crippen molar-refractivity contribution >= 4 is 33.0 Å². The van der Waals surface area contributed by atoms with Gasteiger partial charge in [0.15, 0.2) is 0 Å². The first kappa shape index (κ1) is 12.9. The Morgan fingerprint density at radius 3 is 2.93 bits per heavy atom. The van der Waals surface area contributed by atoms with Gasteiger partial charge in [-0.05, 0) is 40.9 Å². The molecular weight excluding hydrogens is 274 g/mol. The summed E-state index contributed by atoms with van der Waals surface area (Å²) in [5.74, 6) is 0.758. The molecule has 0 amide bonds. The number of thiophene rings is 1. The molecule has 2 N–H and O–H groups in total. The van der Waals surface area contributed by atoms with Crippen molar-refractivity contribution in [3.8, 4) is 0 Å². The Morgan fingerprint density at radius 2 is 2.40 bits per heavy atom. The van der Waals surface area contributed by atoms with Crippen molar-refractivity contribution in [2.45, 2.75) is 26.2 Å². The number of carbonyl (C=O) groups excluding carboxylic acids is 1. The summed E-state index contributed by atoms with van der Waals surface area (Å²) in [4.78, 5) is 12.7. The van der Waals surface area contributed by atoms with E-state index in [9.17, 15) is 4.79 Å². The lowest BCUT2D eigenvalue weighted by Crippen LogP contribution is -2.12. The van der Waals surface area contributed by atoms with Crippen molar-refractivity contribution in [3.63, 3.8) is 0 Å². The number of halogens is 1. The molecule has 1 aromatic heterocycles. The number of rotatable bonds is 6. The van der Waals surface area contributed by atoms with Gasteiger partial charge in [-0.1, -0.05) is 6.92 Å². The Kier molecular flexibility index (Phi) is 5.50. The number of carbonyl (C=O) groups is 1. The first-order valence-electron chi connectivity index (χ1n) is 5.06. The third-order valence-corrected chi connectivity index (χ3v) is 4.01. The van der Waals surface area contributed by atoms with Crippen LogP contribution in [0, 0.1) is 5.92 Å². The molecule has 0 radical (unpaired) electrons. The van der Waals surface area contributed by atoms with Gasteiger partial charge in [-0.2, -0.15) is 0 Å². The molecule has 0 aliphatic carbocycles. The number of hydrogen-bond acceptors (Lipinski definition) is 3. The van der Waals surface area contributed by atoms with E-state index < -0.39 is 0 Å². The third-order valence-electron chi connectivity index (χ3n) is 2.31. The van der Waals surface area contributed by atoms with E-state index in [1.807, 2.05) is 11.4 Å². The molecule has 0 saturated heterocycles. The first-order chi connectivity index (χ1) is 7.11. The van der Waals surface area contributed by atoms with Crippen LogP contribution in [0.3, 0.4) is 0 Å². The number of ketones is 1. The van der Waals surface area contributed by atoms with E-state index in [0.29, 0.717) is 31.1 Å². The zero-order valence-electron chi connectivity index (χ0n) is 8.83. The molecule has 0 spiro atoms. The van der Waals surface area contributed by atoms with Crippen molar-refractivity contribution in [2.24, 2.45) is 11.7 Å². The quantitative estimate of drug-likeness (QED) is 0.875. The highest BCUT2D eigenvalue weighted by atomic mass is 79.9. The highest BCUT2D eigenvalue weighted by molar-refractivity contribution is 9.10. The monoisotopic (exact) mass is 289 g/mol. The summed E-state index contributed by atoms with van der Waals surface area (Å²) in [6.07, 6.45) is 2.11. The van der Waals surface area contributed by atoms with Gasteiger partial charge in [0, 0.05) is 27.6 Å². The molecule has 0 aromatic carbocycles. The second kappa shape index (κ2) is 6.40. The average Bonchev–Trinajstić information content (AvgIpc) is 2.60. The van der Waals surface area contributed by atoms with Crippen LogP contribution in [0.4, 0.5) is 0 Å². The largest absolute Gasteiger partial charge is 0.330 e. The Hall–Kier alpha value is -0.190. The molecule has 0 saturated carbocycles. The van der Waals surface area contributed by atoms with Crippen molar-refractivity contribution in [3.05, 3.63) is 20.8 Å². The molecule has 1 unspecified atom stereocenters. The van der Waals surface area contributed by atoms with Crippen LogP contribution in [-0.4, -0.2) is 12.3 Å². The van der Waals surface area contributed by atoms with E-state index in [2.05, 4.69) is 22.9 Å². The van der Waals surface area contributed by atoms with Crippen LogP contribution >= 0.6 is 27.3 Å². The van der Waals surface area contributed by atoms with E-state index in [1.54, 1.807) is 11.3 Å². The molecule has 84 valence electrons. The van der Waals surface area contributed by atoms with Crippen LogP contribution in [-0.2, 0) is 11.2 Å². The van der Waals surface area contributed by atoms with Gasteiger partial charge in [0.2, 0.25) is 0 Å². The topological polar surface area (TPSA) is 43.1 Å². The maximum Gasteiger partial charge on any atom is 0.138 e. The molecule has 2 nitrogen and oxygen atoms in total. The number of hydrogen-bond donors (Lipinski definition) is 1. The van der Waals surface area contributed by atoms with Gasteiger partial charge in [0.05, 0.1) is 0 Å². The van der Waals surface area contributed by atoms with Gasteiger partial charge in [0.1, 0.15) is 5.78 Å². The predicted octanol–water partition coefficient (Wildman–Crippen LogP) is 3.00. The molecule has 0 aliphatic rings. The van der Waals surface area contributed by atoms with Crippen LogP contribution in [0.2, 0.25) is 0 Å². The number of nitrogens with two attached hydrogens (primary N) is 1. The molecule has 1 rings (SSSR count). The van der Waals surface area contributed by atoms with Gasteiger partial charge in [0.25, 0.3) is 0 Å². The van der Waals surface area contributed by atoms with Gasteiger partial charge in [-0.3, -0.25) is 4.79 Å². The minimum Gasteiger partial charge on any atom is -0.330 e. The molecule has 4 heteroatoms. The molecule has 15 heavy (non-hydrogen) atoms. The van der Waals surface area contributed by atoms with Crippen LogP contribution < -0.4 is 5.73 Å². The van der Waals surface area contributed by atoms with Crippen molar-refractivity contribution < 1.29 is 4.79 Å². The SMILES string of the molecule is CC(CN)CCC(=O)Cc1cc(Br)cs1. The molecule has 0 bridgehead atoms. The first-order valence-corrected chi connectivity index (χ1v) is 6.73. The molecule has 0 fully saturated rings. The van der Waals surface area contributed by atoms with E-state index in [4.69, 9.17) is 5.73 Å². The van der Waals surface area contributed by atoms with Crippen LogP contribution in [0.5, 0.6) is 0 Å². The summed E-state index contributed by atoms with van der Waals surface area (Å²) in [7, 11) is 0. The zero-order chi connectivity index (χ0) is 11.3. The zero-order valence-corrected chi connectivity index (χ0v) is 11.2. The number of Topliss-reactive ketones (excluding diaryl/α,β-unsaturated/α-hetero) is 1. The van der Waals surface area contributed by atoms with E-state index >= 15 is 0 Å². The minimum atomic E-state index is 0.310. The van der Waals surface area contributed by atoms with Gasteiger partial charge in [-0.15, -0.1) is 11.3 Å². The van der Waals surface area contributed by atoms with E-state index in [0.717, 1.165) is 15.8 Å². The third kappa shape index (κ3) is 4.91.